The monoisotopic (exact) mass is 173 g/mol. The molecule has 1 unspecified atom stereocenters. The third-order valence-corrected chi connectivity index (χ3v) is 1.33. The fraction of sp³-hybridized carbons (Fsp3) is 0.800. The molecular weight excluding hydrogens is 162 g/mol. The van der Waals surface area contributed by atoms with Gasteiger partial charge >= 0.3 is 5.97 Å². The molecule has 0 fully saturated rings. The van der Waals surface area contributed by atoms with Crippen LogP contribution < -0.4 is 11.5 Å². The maximum absolute atomic E-state index is 10.3. The summed E-state index contributed by atoms with van der Waals surface area (Å²) in [5.74, 6) is -1.12. The minimum absolute atomic E-state index is 0.0654. The Balaban J connectivity index is 4.01. The zero-order valence-corrected chi connectivity index (χ0v) is 6.42. The van der Waals surface area contributed by atoms with Crippen molar-refractivity contribution < 1.29 is 9.90 Å². The Morgan fingerprint density at radius 2 is 2.33 bits per heavy atom. The number of rotatable bonds is 5. The van der Waals surface area contributed by atoms with Crippen molar-refractivity contribution in [2.45, 2.75) is 18.5 Å². The number of nitrogens with two attached hydrogens (primary N) is 2. The summed E-state index contributed by atoms with van der Waals surface area (Å²) in [4.78, 5) is 12.8. The van der Waals surface area contributed by atoms with Gasteiger partial charge in [-0.2, -0.15) is 0 Å². The fourth-order valence-corrected chi connectivity index (χ4v) is 0.657. The van der Waals surface area contributed by atoms with E-state index in [9.17, 15) is 4.79 Å². The van der Waals surface area contributed by atoms with Crippen molar-refractivity contribution in [3.8, 4) is 0 Å². The van der Waals surface area contributed by atoms with Crippen LogP contribution in [0.4, 0.5) is 0 Å². The lowest BCUT2D eigenvalue weighted by Gasteiger charge is -2.10. The van der Waals surface area contributed by atoms with Crippen LogP contribution in [-0.2, 0) is 4.79 Å². The third-order valence-electron chi connectivity index (χ3n) is 1.33. The lowest BCUT2D eigenvalue weighted by molar-refractivity contribution is -0.138. The van der Waals surface area contributed by atoms with E-state index in [-0.39, 0.29) is 13.0 Å². The molecule has 0 amide bonds. The second-order valence-electron chi connectivity index (χ2n) is 2.27. The summed E-state index contributed by atoms with van der Waals surface area (Å²) in [6.45, 7) is 0.102. The van der Waals surface area contributed by atoms with Crippen LogP contribution >= 0.6 is 0 Å². The highest BCUT2D eigenvalue weighted by Crippen LogP contribution is 1.99. The molecule has 0 saturated carbocycles. The van der Waals surface area contributed by atoms with Crippen molar-refractivity contribution in [3.05, 3.63) is 10.4 Å². The van der Waals surface area contributed by atoms with E-state index in [1.807, 2.05) is 0 Å². The van der Waals surface area contributed by atoms with Crippen LogP contribution in [0.25, 0.3) is 10.4 Å². The van der Waals surface area contributed by atoms with E-state index in [4.69, 9.17) is 22.1 Å². The number of nitrogens with zero attached hydrogens (tertiary/aromatic N) is 3. The molecule has 0 aromatic rings. The van der Waals surface area contributed by atoms with Crippen molar-refractivity contribution in [2.75, 3.05) is 6.54 Å². The summed E-state index contributed by atoms with van der Waals surface area (Å²) >= 11 is 0. The first-order valence-corrected chi connectivity index (χ1v) is 3.34. The Labute approximate surface area is 69.0 Å². The molecule has 7 heteroatoms. The summed E-state index contributed by atoms with van der Waals surface area (Å²) in [5, 5.41) is 11.7. The molecule has 5 N–H and O–H groups in total. The predicted octanol–water partition coefficient (Wildman–Crippen LogP) is -0.574. The van der Waals surface area contributed by atoms with Crippen LogP contribution in [0.2, 0.25) is 0 Å². The molecule has 0 radical (unpaired) electrons. The van der Waals surface area contributed by atoms with E-state index in [2.05, 4.69) is 10.0 Å². The molecule has 0 bridgehead atoms. The second kappa shape index (κ2) is 5.36. The highest BCUT2D eigenvalue weighted by Gasteiger charge is 2.16. The Kier molecular flexibility index (Phi) is 4.78. The van der Waals surface area contributed by atoms with Crippen molar-refractivity contribution in [1.29, 1.82) is 0 Å². The van der Waals surface area contributed by atoms with Crippen LogP contribution in [0.15, 0.2) is 5.11 Å². The molecule has 0 aromatic heterocycles. The molecule has 0 spiro atoms. The van der Waals surface area contributed by atoms with Gasteiger partial charge in [-0.25, -0.2) is 0 Å². The molecule has 0 saturated heterocycles. The SMILES string of the molecule is [N-]=[N+]=NC(CN)C[C@H](N)C(=O)O. The Morgan fingerprint density at radius 3 is 2.67 bits per heavy atom. The zero-order valence-electron chi connectivity index (χ0n) is 6.42. The topological polar surface area (TPSA) is 138 Å². The van der Waals surface area contributed by atoms with E-state index in [0.29, 0.717) is 0 Å². The number of aliphatic carboxylic acids is 1. The summed E-state index contributed by atoms with van der Waals surface area (Å²) in [5.41, 5.74) is 18.4. The number of carbonyl (C=O) groups is 1. The van der Waals surface area contributed by atoms with Crippen LogP contribution in [0.5, 0.6) is 0 Å². The zero-order chi connectivity index (χ0) is 9.56. The maximum Gasteiger partial charge on any atom is 0.320 e. The van der Waals surface area contributed by atoms with Gasteiger partial charge in [0.15, 0.2) is 0 Å². The summed E-state index contributed by atoms with van der Waals surface area (Å²) < 4.78 is 0. The largest absolute Gasteiger partial charge is 0.480 e. The Hall–Kier alpha value is -1.30. The standard InChI is InChI=1S/C5H11N5O2/c6-2-3(9-10-8)1-4(7)5(11)12/h3-4H,1-2,6-7H2,(H,11,12)/t3?,4-/m0/s1. The van der Waals surface area contributed by atoms with Crippen LogP contribution in [-0.4, -0.2) is 29.7 Å². The van der Waals surface area contributed by atoms with Gasteiger partial charge in [0.05, 0.1) is 6.04 Å². The number of carboxylic acid groups (broad SMARTS) is 1. The van der Waals surface area contributed by atoms with Gasteiger partial charge in [-0.15, -0.1) is 0 Å². The molecule has 0 rings (SSSR count). The van der Waals surface area contributed by atoms with Gasteiger partial charge in [0.1, 0.15) is 6.04 Å². The van der Waals surface area contributed by atoms with Crippen LogP contribution in [0.3, 0.4) is 0 Å². The first kappa shape index (κ1) is 10.7. The van der Waals surface area contributed by atoms with Gasteiger partial charge in [-0.1, -0.05) is 5.11 Å². The van der Waals surface area contributed by atoms with Crippen molar-refractivity contribution in [1.82, 2.24) is 0 Å². The van der Waals surface area contributed by atoms with E-state index in [1.165, 1.54) is 0 Å². The first-order chi connectivity index (χ1) is 5.61. The third kappa shape index (κ3) is 3.77. The highest BCUT2D eigenvalue weighted by molar-refractivity contribution is 5.73. The number of carboxylic acids is 1. The second-order valence-corrected chi connectivity index (χ2v) is 2.27. The van der Waals surface area contributed by atoms with E-state index >= 15 is 0 Å². The highest BCUT2D eigenvalue weighted by atomic mass is 16.4. The minimum Gasteiger partial charge on any atom is -0.480 e. The molecule has 2 atom stereocenters. The first-order valence-electron chi connectivity index (χ1n) is 3.34. The lowest BCUT2D eigenvalue weighted by atomic mass is 10.1. The van der Waals surface area contributed by atoms with Gasteiger partial charge in [0.2, 0.25) is 0 Å². The number of azide groups is 1. The van der Waals surface area contributed by atoms with Gasteiger partial charge < -0.3 is 16.6 Å². The normalized spacial score (nSPS) is 14.5. The van der Waals surface area contributed by atoms with E-state index < -0.39 is 18.1 Å². The average molecular weight is 173 g/mol. The van der Waals surface area contributed by atoms with Gasteiger partial charge in [0, 0.05) is 11.5 Å². The molecule has 0 aliphatic heterocycles. The predicted molar refractivity (Wildman–Crippen MR) is 42.2 cm³/mol. The van der Waals surface area contributed by atoms with Crippen molar-refractivity contribution >= 4 is 5.97 Å². The molecule has 7 nitrogen and oxygen atoms in total. The van der Waals surface area contributed by atoms with Crippen molar-refractivity contribution in [2.24, 2.45) is 16.6 Å². The van der Waals surface area contributed by atoms with E-state index in [0.717, 1.165) is 0 Å². The summed E-state index contributed by atoms with van der Waals surface area (Å²) in [7, 11) is 0. The minimum atomic E-state index is -1.12. The van der Waals surface area contributed by atoms with Crippen LogP contribution in [0.1, 0.15) is 6.42 Å². The molecular formula is C5H11N5O2. The lowest BCUT2D eigenvalue weighted by Crippen LogP contribution is -2.35. The van der Waals surface area contributed by atoms with Crippen LogP contribution in [0, 0.1) is 0 Å². The smallest absolute Gasteiger partial charge is 0.320 e. The molecule has 0 aromatic carbocycles. The van der Waals surface area contributed by atoms with Gasteiger partial charge in [-0.05, 0) is 12.0 Å². The van der Waals surface area contributed by atoms with Gasteiger partial charge in [0.25, 0.3) is 0 Å². The van der Waals surface area contributed by atoms with Gasteiger partial charge in [-0.3, -0.25) is 4.79 Å². The molecule has 68 valence electrons. The maximum atomic E-state index is 10.3. The molecule has 12 heavy (non-hydrogen) atoms. The summed E-state index contributed by atoms with van der Waals surface area (Å²) in [6.07, 6.45) is 0.0654. The van der Waals surface area contributed by atoms with E-state index in [1.54, 1.807) is 0 Å². The Morgan fingerprint density at radius 1 is 1.75 bits per heavy atom. The number of hydrogen-bond acceptors (Lipinski definition) is 4. The molecule has 0 heterocycles. The summed E-state index contributed by atoms with van der Waals surface area (Å²) in [6, 6.07) is -1.56. The average Bonchev–Trinajstić information content (AvgIpc) is 2.03. The Bertz CT molecular complexity index is 200. The van der Waals surface area contributed by atoms with Crippen molar-refractivity contribution in [3.63, 3.8) is 0 Å². The fourth-order valence-electron chi connectivity index (χ4n) is 0.657. The molecule has 0 aliphatic rings. The molecule has 0 aliphatic carbocycles. The number of hydrogen-bond donors (Lipinski definition) is 3. The quantitative estimate of drug-likeness (QED) is 0.291.